The van der Waals surface area contributed by atoms with E-state index in [-0.39, 0.29) is 11.5 Å². The van der Waals surface area contributed by atoms with Crippen LogP contribution < -0.4 is 5.73 Å². The number of rotatable bonds is 1. The number of carbonyl (C=O) groups excluding carboxylic acids is 1. The number of hydrogen-bond acceptors (Lipinski definition) is 3. The fourth-order valence-electron chi connectivity index (χ4n) is 3.01. The largest absolute Gasteiger partial charge is 0.340 e. The quantitative estimate of drug-likeness (QED) is 0.731. The van der Waals surface area contributed by atoms with Crippen molar-refractivity contribution >= 4 is 5.91 Å². The second kappa shape index (κ2) is 4.94. The first kappa shape index (κ1) is 12.8. The molecule has 0 spiro atoms. The zero-order chi connectivity index (χ0) is 12.5. The van der Waals surface area contributed by atoms with Crippen LogP contribution in [-0.4, -0.2) is 54.5 Å². The minimum absolute atomic E-state index is 0.0413. The highest BCUT2D eigenvalue weighted by Crippen LogP contribution is 2.33. The van der Waals surface area contributed by atoms with E-state index in [1.54, 1.807) is 0 Å². The fourth-order valence-corrected chi connectivity index (χ4v) is 3.01. The van der Waals surface area contributed by atoms with Gasteiger partial charge in [0.2, 0.25) is 5.91 Å². The third-order valence-corrected chi connectivity index (χ3v) is 4.37. The average molecular weight is 239 g/mol. The molecule has 1 amide bonds. The first-order valence-corrected chi connectivity index (χ1v) is 6.77. The Bertz CT molecular complexity index is 282. The van der Waals surface area contributed by atoms with E-state index in [0.29, 0.717) is 5.91 Å². The Morgan fingerprint density at radius 2 is 1.88 bits per heavy atom. The van der Waals surface area contributed by atoms with Crippen molar-refractivity contribution in [1.29, 1.82) is 0 Å². The number of amides is 1. The maximum absolute atomic E-state index is 12.5. The molecule has 1 saturated carbocycles. The summed E-state index contributed by atoms with van der Waals surface area (Å²) < 4.78 is 0. The van der Waals surface area contributed by atoms with Crippen molar-refractivity contribution in [3.63, 3.8) is 0 Å². The van der Waals surface area contributed by atoms with Crippen molar-refractivity contribution in [3.8, 4) is 0 Å². The molecule has 0 aromatic rings. The number of piperazine rings is 1. The SMILES string of the molecule is CN1CCN(C(=O)C2CCCCC2(C)N)CC1. The highest BCUT2D eigenvalue weighted by molar-refractivity contribution is 5.80. The monoisotopic (exact) mass is 239 g/mol. The van der Waals surface area contributed by atoms with Gasteiger partial charge in [-0.15, -0.1) is 0 Å². The van der Waals surface area contributed by atoms with E-state index in [1.165, 1.54) is 6.42 Å². The molecule has 1 aliphatic carbocycles. The molecular weight excluding hydrogens is 214 g/mol. The molecule has 0 aromatic carbocycles. The Morgan fingerprint density at radius 3 is 2.47 bits per heavy atom. The molecule has 2 fully saturated rings. The van der Waals surface area contributed by atoms with E-state index in [0.717, 1.165) is 45.4 Å². The number of hydrogen-bond donors (Lipinski definition) is 1. The van der Waals surface area contributed by atoms with Gasteiger partial charge in [-0.1, -0.05) is 12.8 Å². The molecule has 17 heavy (non-hydrogen) atoms. The van der Waals surface area contributed by atoms with Crippen molar-refractivity contribution in [2.75, 3.05) is 33.2 Å². The average Bonchev–Trinajstić information content (AvgIpc) is 2.28. The lowest BCUT2D eigenvalue weighted by Gasteiger charge is -2.42. The van der Waals surface area contributed by atoms with E-state index >= 15 is 0 Å². The third-order valence-electron chi connectivity index (χ3n) is 4.37. The van der Waals surface area contributed by atoms with E-state index < -0.39 is 0 Å². The summed E-state index contributed by atoms with van der Waals surface area (Å²) in [5, 5.41) is 0. The lowest BCUT2D eigenvalue weighted by molar-refractivity contribution is -0.140. The van der Waals surface area contributed by atoms with Gasteiger partial charge in [-0.2, -0.15) is 0 Å². The summed E-state index contributed by atoms with van der Waals surface area (Å²) >= 11 is 0. The summed E-state index contributed by atoms with van der Waals surface area (Å²) in [6.07, 6.45) is 4.27. The molecule has 2 rings (SSSR count). The van der Waals surface area contributed by atoms with Crippen LogP contribution in [0.5, 0.6) is 0 Å². The van der Waals surface area contributed by atoms with Crippen molar-refractivity contribution in [2.45, 2.75) is 38.1 Å². The van der Waals surface area contributed by atoms with Crippen LogP contribution in [0, 0.1) is 5.92 Å². The summed E-state index contributed by atoms with van der Waals surface area (Å²) in [7, 11) is 2.11. The molecule has 2 aliphatic rings. The predicted molar refractivity (Wildman–Crippen MR) is 68.6 cm³/mol. The summed E-state index contributed by atoms with van der Waals surface area (Å²) in [6, 6.07) is 0. The maximum Gasteiger partial charge on any atom is 0.227 e. The molecule has 0 aromatic heterocycles. The van der Waals surface area contributed by atoms with Gasteiger partial charge in [0.15, 0.2) is 0 Å². The molecule has 2 N–H and O–H groups in total. The van der Waals surface area contributed by atoms with Gasteiger partial charge in [0.25, 0.3) is 0 Å². The molecule has 2 atom stereocenters. The number of likely N-dealkylation sites (N-methyl/N-ethyl adjacent to an activating group) is 1. The van der Waals surface area contributed by atoms with Crippen LogP contribution in [0.3, 0.4) is 0 Å². The van der Waals surface area contributed by atoms with Gasteiger partial charge in [-0.05, 0) is 26.8 Å². The minimum Gasteiger partial charge on any atom is -0.340 e. The summed E-state index contributed by atoms with van der Waals surface area (Å²) in [4.78, 5) is 16.8. The van der Waals surface area contributed by atoms with Gasteiger partial charge >= 0.3 is 0 Å². The van der Waals surface area contributed by atoms with Crippen molar-refractivity contribution in [2.24, 2.45) is 11.7 Å². The lowest BCUT2D eigenvalue weighted by Crippen LogP contribution is -2.56. The molecule has 2 unspecified atom stereocenters. The highest BCUT2D eigenvalue weighted by atomic mass is 16.2. The van der Waals surface area contributed by atoms with Crippen LogP contribution in [0.4, 0.5) is 0 Å². The molecule has 4 nitrogen and oxygen atoms in total. The highest BCUT2D eigenvalue weighted by Gasteiger charge is 2.40. The molecule has 1 heterocycles. The normalized spacial score (nSPS) is 35.9. The summed E-state index contributed by atoms with van der Waals surface area (Å²) in [5.74, 6) is 0.336. The molecule has 1 aliphatic heterocycles. The lowest BCUT2D eigenvalue weighted by atomic mass is 9.74. The van der Waals surface area contributed by atoms with Crippen LogP contribution >= 0.6 is 0 Å². The minimum atomic E-state index is -0.293. The van der Waals surface area contributed by atoms with Gasteiger partial charge < -0.3 is 15.5 Å². The summed E-state index contributed by atoms with van der Waals surface area (Å²) in [5.41, 5.74) is 6.01. The van der Waals surface area contributed by atoms with Gasteiger partial charge in [-0.3, -0.25) is 4.79 Å². The predicted octanol–water partition coefficient (Wildman–Crippen LogP) is 0.668. The van der Waals surface area contributed by atoms with Crippen LogP contribution in [0.15, 0.2) is 0 Å². The zero-order valence-electron chi connectivity index (χ0n) is 11.1. The second-order valence-electron chi connectivity index (χ2n) is 5.93. The molecule has 1 saturated heterocycles. The molecule has 4 heteroatoms. The maximum atomic E-state index is 12.5. The van der Waals surface area contributed by atoms with Crippen molar-refractivity contribution in [3.05, 3.63) is 0 Å². The van der Waals surface area contributed by atoms with Gasteiger partial charge in [0.05, 0.1) is 5.92 Å². The van der Waals surface area contributed by atoms with Crippen LogP contribution in [-0.2, 0) is 4.79 Å². The van der Waals surface area contributed by atoms with Crippen LogP contribution in [0.1, 0.15) is 32.6 Å². The fraction of sp³-hybridized carbons (Fsp3) is 0.923. The van der Waals surface area contributed by atoms with E-state index in [4.69, 9.17) is 5.73 Å². The Hall–Kier alpha value is -0.610. The Morgan fingerprint density at radius 1 is 1.24 bits per heavy atom. The molecule has 98 valence electrons. The van der Waals surface area contributed by atoms with Crippen LogP contribution in [0.25, 0.3) is 0 Å². The molecule has 0 bridgehead atoms. The van der Waals surface area contributed by atoms with E-state index in [1.807, 2.05) is 11.8 Å². The Labute approximate surface area is 104 Å². The van der Waals surface area contributed by atoms with Gasteiger partial charge in [0, 0.05) is 31.7 Å². The zero-order valence-corrected chi connectivity index (χ0v) is 11.1. The van der Waals surface area contributed by atoms with E-state index in [2.05, 4.69) is 11.9 Å². The molecular formula is C13H25N3O. The molecule has 0 radical (unpaired) electrons. The van der Waals surface area contributed by atoms with E-state index in [9.17, 15) is 4.79 Å². The smallest absolute Gasteiger partial charge is 0.227 e. The first-order chi connectivity index (χ1) is 8.00. The third kappa shape index (κ3) is 2.80. The number of nitrogens with two attached hydrogens (primary N) is 1. The number of carbonyl (C=O) groups is 1. The Kier molecular flexibility index (Phi) is 3.73. The van der Waals surface area contributed by atoms with Gasteiger partial charge in [-0.25, -0.2) is 0 Å². The van der Waals surface area contributed by atoms with Crippen LogP contribution in [0.2, 0.25) is 0 Å². The second-order valence-corrected chi connectivity index (χ2v) is 5.93. The topological polar surface area (TPSA) is 49.6 Å². The Balaban J connectivity index is 1.99. The summed E-state index contributed by atoms with van der Waals surface area (Å²) in [6.45, 7) is 5.74. The number of nitrogens with zero attached hydrogens (tertiary/aromatic N) is 2. The van der Waals surface area contributed by atoms with Crippen molar-refractivity contribution in [1.82, 2.24) is 9.80 Å². The first-order valence-electron chi connectivity index (χ1n) is 6.77. The van der Waals surface area contributed by atoms with Crippen molar-refractivity contribution < 1.29 is 4.79 Å². The van der Waals surface area contributed by atoms with Gasteiger partial charge in [0.1, 0.15) is 0 Å². The standard InChI is InChI=1S/C13H25N3O/c1-13(14)6-4-3-5-11(13)12(17)16-9-7-15(2)8-10-16/h11H,3-10,14H2,1-2H3.